The molecule has 0 bridgehead atoms. The number of methoxy groups -OCH3 is 1. The predicted octanol–water partition coefficient (Wildman–Crippen LogP) is 2.98. The van der Waals surface area contributed by atoms with Gasteiger partial charge >= 0.3 is 5.65 Å². The Hall–Kier alpha value is -4.05. The summed E-state index contributed by atoms with van der Waals surface area (Å²) in [6, 6.07) is 16.9. The minimum absolute atomic E-state index is 0.0553. The van der Waals surface area contributed by atoms with Gasteiger partial charge in [-0.3, -0.25) is 0 Å². The molecule has 0 fully saturated rings. The van der Waals surface area contributed by atoms with Crippen LogP contribution in [0.2, 0.25) is 0 Å². The summed E-state index contributed by atoms with van der Waals surface area (Å²) >= 11 is 0. The van der Waals surface area contributed by atoms with E-state index in [1.807, 2.05) is 41.9 Å². The number of ether oxygens (including phenoxy) is 1. The lowest BCUT2D eigenvalue weighted by Gasteiger charge is -2.10. The fourth-order valence-corrected chi connectivity index (χ4v) is 3.42. The third kappa shape index (κ3) is 2.51. The molecule has 4 N–H and O–H groups in total. The second kappa shape index (κ2) is 6.59. The number of nitrogen functional groups attached to an aromatic ring is 1. The number of aromatic nitrogens is 3. The van der Waals surface area contributed by atoms with E-state index in [1.165, 1.54) is 7.11 Å². The number of nitrogens with one attached hydrogen (secondary N) is 1. The van der Waals surface area contributed by atoms with E-state index in [4.69, 9.17) is 10.5 Å². The molecule has 28 heavy (non-hydrogen) atoms. The van der Waals surface area contributed by atoms with Crippen LogP contribution in [-0.4, -0.2) is 22.3 Å². The quantitative estimate of drug-likeness (QED) is 0.479. The third-order valence-electron chi connectivity index (χ3n) is 4.69. The largest absolute Gasteiger partial charge is 0.504 e. The highest BCUT2D eigenvalue weighted by Crippen LogP contribution is 2.42. The Morgan fingerprint density at radius 3 is 2.61 bits per heavy atom. The molecule has 4 aromatic rings. The summed E-state index contributed by atoms with van der Waals surface area (Å²) in [6.45, 7) is 1.89. The van der Waals surface area contributed by atoms with Crippen molar-refractivity contribution in [3.05, 3.63) is 59.8 Å². The molecule has 0 radical (unpaired) electrons. The number of benzene rings is 2. The minimum Gasteiger partial charge on any atom is -0.504 e. The van der Waals surface area contributed by atoms with E-state index < -0.39 is 0 Å². The number of hydrogen-bond donors (Lipinski definition) is 3. The average molecular weight is 372 g/mol. The molecule has 0 atom stereocenters. The molecule has 138 valence electrons. The zero-order valence-corrected chi connectivity index (χ0v) is 15.4. The van der Waals surface area contributed by atoms with Crippen LogP contribution in [0.4, 0.5) is 5.82 Å². The number of anilines is 1. The Morgan fingerprint density at radius 1 is 1.18 bits per heavy atom. The van der Waals surface area contributed by atoms with Crippen LogP contribution in [-0.2, 0) is 0 Å². The fraction of sp³-hybridized carbons (Fsp3) is 0.0952. The van der Waals surface area contributed by atoms with E-state index in [9.17, 15) is 10.4 Å². The van der Waals surface area contributed by atoms with Crippen LogP contribution >= 0.6 is 0 Å². The molecule has 0 saturated heterocycles. The molecule has 0 aliphatic heterocycles. The summed E-state index contributed by atoms with van der Waals surface area (Å²) in [6.07, 6.45) is 0. The molecule has 0 spiro atoms. The molecular weight excluding hydrogens is 354 g/mol. The van der Waals surface area contributed by atoms with Gasteiger partial charge in [0, 0.05) is 11.1 Å². The van der Waals surface area contributed by atoms with Crippen molar-refractivity contribution in [1.29, 1.82) is 5.26 Å². The summed E-state index contributed by atoms with van der Waals surface area (Å²) in [5.74, 6) is 0.352. The van der Waals surface area contributed by atoms with Gasteiger partial charge in [-0.1, -0.05) is 30.3 Å². The van der Waals surface area contributed by atoms with Gasteiger partial charge < -0.3 is 15.6 Å². The number of phenolic OH excluding ortho intramolecular Hbond substituents is 1. The highest BCUT2D eigenvalue weighted by atomic mass is 16.5. The number of H-pyrrole nitrogens is 1. The average Bonchev–Trinajstić information content (AvgIpc) is 3.04. The Morgan fingerprint density at radius 2 is 1.93 bits per heavy atom. The van der Waals surface area contributed by atoms with Crippen molar-refractivity contribution in [1.82, 2.24) is 10.1 Å². The van der Waals surface area contributed by atoms with Crippen molar-refractivity contribution in [3.63, 3.8) is 0 Å². The van der Waals surface area contributed by atoms with Crippen LogP contribution in [0.5, 0.6) is 11.5 Å². The van der Waals surface area contributed by atoms with Crippen LogP contribution in [0.1, 0.15) is 11.3 Å². The monoisotopic (exact) mass is 372 g/mol. The second-order valence-electron chi connectivity index (χ2n) is 6.32. The third-order valence-corrected chi connectivity index (χ3v) is 4.69. The summed E-state index contributed by atoms with van der Waals surface area (Å²) in [7, 11) is 1.48. The van der Waals surface area contributed by atoms with Crippen LogP contribution in [0, 0.1) is 18.3 Å². The Bertz CT molecular complexity index is 1240. The van der Waals surface area contributed by atoms with E-state index in [0.29, 0.717) is 27.9 Å². The minimum atomic E-state index is -0.0553. The number of aryl methyl sites for hydroxylation is 1. The number of aromatic amines is 1. The number of nitrogens with zero attached hydrogens (tertiary/aromatic N) is 3. The molecule has 0 saturated carbocycles. The molecule has 7 heteroatoms. The molecular formula is C21H18N5O2+. The summed E-state index contributed by atoms with van der Waals surface area (Å²) in [4.78, 5) is 4.48. The lowest BCUT2D eigenvalue weighted by molar-refractivity contribution is -0.632. The van der Waals surface area contributed by atoms with Gasteiger partial charge in [-0.25, -0.2) is 5.10 Å². The molecule has 4 rings (SSSR count). The normalized spacial score (nSPS) is 10.8. The van der Waals surface area contributed by atoms with E-state index >= 15 is 0 Å². The van der Waals surface area contributed by atoms with Crippen LogP contribution in [0.3, 0.4) is 0 Å². The second-order valence-corrected chi connectivity index (χ2v) is 6.32. The van der Waals surface area contributed by atoms with Gasteiger partial charge in [0.05, 0.1) is 12.8 Å². The maximum Gasteiger partial charge on any atom is 0.359 e. The number of phenols is 1. The molecule has 0 unspecified atom stereocenters. The SMILES string of the molecule is COc1cccc(-c2c(C#N)c(N)nc3c2c(C)[nH][n+]3-c2ccccc2)c1O. The van der Waals surface area contributed by atoms with E-state index in [-0.39, 0.29) is 17.1 Å². The van der Waals surface area contributed by atoms with Crippen molar-refractivity contribution in [3.8, 4) is 34.4 Å². The lowest BCUT2D eigenvalue weighted by atomic mass is 9.96. The van der Waals surface area contributed by atoms with Gasteiger partial charge in [-0.05, 0) is 30.1 Å². The maximum atomic E-state index is 10.7. The molecule has 0 amide bonds. The zero-order chi connectivity index (χ0) is 19.8. The van der Waals surface area contributed by atoms with E-state index in [2.05, 4.69) is 16.2 Å². The number of pyridine rings is 1. The number of rotatable bonds is 3. The van der Waals surface area contributed by atoms with Crippen LogP contribution in [0.25, 0.3) is 27.8 Å². The summed E-state index contributed by atoms with van der Waals surface area (Å²) in [5.41, 5.74) is 9.55. The zero-order valence-electron chi connectivity index (χ0n) is 15.4. The summed E-state index contributed by atoms with van der Waals surface area (Å²) < 4.78 is 7.04. The highest BCUT2D eigenvalue weighted by Gasteiger charge is 2.29. The van der Waals surface area contributed by atoms with Crippen molar-refractivity contribution in [2.75, 3.05) is 12.8 Å². The molecule has 0 aliphatic carbocycles. The number of aromatic hydroxyl groups is 1. The first-order valence-electron chi connectivity index (χ1n) is 8.62. The predicted molar refractivity (Wildman–Crippen MR) is 105 cm³/mol. The van der Waals surface area contributed by atoms with Crippen molar-refractivity contribution in [2.24, 2.45) is 0 Å². The Kier molecular flexibility index (Phi) is 4.09. The first kappa shape index (κ1) is 17.4. The topological polar surface area (TPSA) is 112 Å². The van der Waals surface area contributed by atoms with Crippen LogP contribution < -0.4 is 15.2 Å². The van der Waals surface area contributed by atoms with Gasteiger partial charge in [0.15, 0.2) is 17.2 Å². The first-order chi connectivity index (χ1) is 13.6. The fourth-order valence-electron chi connectivity index (χ4n) is 3.42. The van der Waals surface area contributed by atoms with Gasteiger partial charge in [0.1, 0.15) is 17.0 Å². The van der Waals surface area contributed by atoms with Gasteiger partial charge in [0.25, 0.3) is 5.82 Å². The highest BCUT2D eigenvalue weighted by molar-refractivity contribution is 6.00. The smallest absolute Gasteiger partial charge is 0.359 e. The van der Waals surface area contributed by atoms with E-state index in [0.717, 1.165) is 11.4 Å². The number of fused-ring (bicyclic) bond motifs is 1. The lowest BCUT2D eigenvalue weighted by Crippen LogP contribution is -2.33. The number of nitriles is 1. The molecule has 2 aromatic heterocycles. The molecule has 0 aliphatic rings. The van der Waals surface area contributed by atoms with Crippen LogP contribution in [0.15, 0.2) is 48.5 Å². The van der Waals surface area contributed by atoms with Gasteiger partial charge in [-0.15, -0.1) is 4.68 Å². The van der Waals surface area contributed by atoms with Crippen molar-refractivity contribution in [2.45, 2.75) is 6.92 Å². The Labute approximate surface area is 161 Å². The molecule has 2 aromatic carbocycles. The number of hydrogen-bond acceptors (Lipinski definition) is 5. The number of para-hydroxylation sites is 2. The molecule has 7 nitrogen and oxygen atoms in total. The van der Waals surface area contributed by atoms with Gasteiger partial charge in [-0.2, -0.15) is 5.26 Å². The standard InChI is InChI=1S/C21H17N5O2/c1-12-17-18(14-9-6-10-16(28-2)19(14)27)15(11-22)20(23)24-21(17)26(25-12)13-7-4-3-5-8-13/h3-10H,1-2H3,(H3,23,24,25,27)/p+1. The van der Waals surface area contributed by atoms with E-state index in [1.54, 1.807) is 18.2 Å². The maximum absolute atomic E-state index is 10.7. The van der Waals surface area contributed by atoms with Crippen molar-refractivity contribution >= 4 is 16.9 Å². The van der Waals surface area contributed by atoms with Gasteiger partial charge in [0.2, 0.25) is 0 Å². The molecule has 2 heterocycles. The first-order valence-corrected chi connectivity index (χ1v) is 8.62. The van der Waals surface area contributed by atoms with Crippen molar-refractivity contribution < 1.29 is 14.5 Å². The number of nitrogens with two attached hydrogens (primary N) is 1. The Balaban J connectivity index is 2.15. The summed E-state index contributed by atoms with van der Waals surface area (Å²) in [5, 5.41) is 24.5.